The van der Waals surface area contributed by atoms with Crippen LogP contribution < -0.4 is 20.4 Å². The summed E-state index contributed by atoms with van der Waals surface area (Å²) in [7, 11) is 0. The zero-order valence-electron chi connectivity index (χ0n) is 26.3. The zero-order valence-corrected chi connectivity index (χ0v) is 26.3. The van der Waals surface area contributed by atoms with E-state index < -0.39 is 24.0 Å². The lowest BCUT2D eigenvalue weighted by Gasteiger charge is -2.29. The number of fused-ring (bicyclic) bond motifs is 2. The minimum absolute atomic E-state index is 0.0168. The number of nitrogens with zero attached hydrogens (tertiary/aromatic N) is 2. The van der Waals surface area contributed by atoms with Crippen molar-refractivity contribution in [3.63, 3.8) is 0 Å². The van der Waals surface area contributed by atoms with E-state index >= 15 is 0 Å². The van der Waals surface area contributed by atoms with Crippen molar-refractivity contribution in [1.29, 1.82) is 0 Å². The van der Waals surface area contributed by atoms with Gasteiger partial charge in [0, 0.05) is 55.3 Å². The van der Waals surface area contributed by atoms with Crippen molar-refractivity contribution in [3.8, 4) is 12.3 Å². The lowest BCUT2D eigenvalue weighted by atomic mass is 9.89. The van der Waals surface area contributed by atoms with Crippen LogP contribution in [0, 0.1) is 30.1 Å². The molecule has 0 spiro atoms. The molecule has 2 saturated heterocycles. The number of terminal acetylenes is 1. The molecule has 9 nitrogen and oxygen atoms in total. The third-order valence-electron chi connectivity index (χ3n) is 10.3. The zero-order chi connectivity index (χ0) is 32.2. The van der Waals surface area contributed by atoms with Crippen LogP contribution >= 0.6 is 0 Å². The molecule has 4 fully saturated rings. The quantitative estimate of drug-likeness (QED) is 0.309. The Morgan fingerprint density at radius 1 is 0.957 bits per heavy atom. The Morgan fingerprint density at radius 3 is 2.17 bits per heavy atom. The molecule has 0 radical (unpaired) electrons. The van der Waals surface area contributed by atoms with Crippen molar-refractivity contribution in [2.45, 2.75) is 88.8 Å². The van der Waals surface area contributed by atoms with E-state index in [1.807, 2.05) is 30.3 Å². The highest BCUT2D eigenvalue weighted by Crippen LogP contribution is 2.44. The minimum Gasteiger partial charge on any atom is -0.391 e. The highest BCUT2D eigenvalue weighted by Gasteiger charge is 2.41. The van der Waals surface area contributed by atoms with E-state index in [2.05, 4.69) is 16.6 Å². The third kappa shape index (κ3) is 7.13. The molecule has 2 heterocycles. The van der Waals surface area contributed by atoms with Crippen LogP contribution in [0.15, 0.2) is 48.5 Å². The van der Waals surface area contributed by atoms with Gasteiger partial charge in [-0.15, -0.1) is 12.3 Å². The van der Waals surface area contributed by atoms with Crippen LogP contribution in [0.4, 0.5) is 11.4 Å². The van der Waals surface area contributed by atoms with Crippen LogP contribution in [0.1, 0.15) is 80.1 Å². The predicted molar refractivity (Wildman–Crippen MR) is 176 cm³/mol. The lowest BCUT2D eigenvalue weighted by molar-refractivity contribution is -0.127. The molecule has 2 aromatic carbocycles. The molecule has 9 heteroatoms. The van der Waals surface area contributed by atoms with Gasteiger partial charge in [-0.1, -0.05) is 36.8 Å². The van der Waals surface area contributed by atoms with E-state index in [1.165, 1.54) is 12.8 Å². The molecule has 6 unspecified atom stereocenters. The number of anilines is 2. The summed E-state index contributed by atoms with van der Waals surface area (Å²) in [6.07, 6.45) is 12.1. The number of carbonyl (C=O) groups is 4. The second-order valence-electron chi connectivity index (χ2n) is 13.5. The van der Waals surface area contributed by atoms with Crippen molar-refractivity contribution in [3.05, 3.63) is 59.7 Å². The number of rotatable bonds is 12. The van der Waals surface area contributed by atoms with E-state index in [4.69, 9.17) is 6.42 Å². The summed E-state index contributed by atoms with van der Waals surface area (Å²) in [6, 6.07) is 14.2. The first kappa shape index (κ1) is 31.8. The van der Waals surface area contributed by atoms with E-state index in [0.29, 0.717) is 61.1 Å². The van der Waals surface area contributed by atoms with Gasteiger partial charge in [0.1, 0.15) is 0 Å². The first-order valence-corrected chi connectivity index (χ1v) is 16.8. The standard InChI is InChI=1S/C37H44N4O5/c1-2-8-27(36(45)38-31-19-25-13-14-26(31)17-25)22-33(42)32(18-24-9-4-3-5-10-24)39-37(46)28-20-29(40-15-6-11-34(40)43)23-30(21-28)41-16-7-12-35(41)44/h1,3-5,9-10,20-21,23,25-27,31-33,42H,6-8,11-19,22H2,(H,38,45)(H,39,46). The van der Waals surface area contributed by atoms with Gasteiger partial charge in [0.15, 0.2) is 0 Å². The van der Waals surface area contributed by atoms with Crippen LogP contribution in [0.3, 0.4) is 0 Å². The van der Waals surface area contributed by atoms with E-state index in [1.54, 1.807) is 28.0 Å². The van der Waals surface area contributed by atoms with Gasteiger partial charge in [-0.3, -0.25) is 19.2 Å². The molecule has 46 heavy (non-hydrogen) atoms. The highest BCUT2D eigenvalue weighted by molar-refractivity contribution is 6.03. The summed E-state index contributed by atoms with van der Waals surface area (Å²) in [6.45, 7) is 1.10. The number of benzene rings is 2. The van der Waals surface area contributed by atoms with Gasteiger partial charge in [0.05, 0.1) is 18.1 Å². The Kier molecular flexibility index (Phi) is 9.74. The summed E-state index contributed by atoms with van der Waals surface area (Å²) < 4.78 is 0. The summed E-state index contributed by atoms with van der Waals surface area (Å²) in [5, 5.41) is 17.9. The molecule has 242 valence electrons. The molecule has 6 atom stereocenters. The fourth-order valence-corrected chi connectivity index (χ4v) is 7.89. The molecule has 0 aromatic heterocycles. The fourth-order valence-electron chi connectivity index (χ4n) is 7.89. The average molecular weight is 625 g/mol. The summed E-state index contributed by atoms with van der Waals surface area (Å²) in [4.78, 5) is 56.0. The second-order valence-corrected chi connectivity index (χ2v) is 13.5. The topological polar surface area (TPSA) is 119 Å². The lowest BCUT2D eigenvalue weighted by Crippen LogP contribution is -2.48. The number of carbonyl (C=O) groups excluding carboxylic acids is 4. The Labute approximate surface area is 271 Å². The Balaban J connectivity index is 1.23. The average Bonchev–Trinajstić information content (AvgIpc) is 3.87. The van der Waals surface area contributed by atoms with Crippen molar-refractivity contribution in [1.82, 2.24) is 10.6 Å². The van der Waals surface area contributed by atoms with Gasteiger partial charge < -0.3 is 25.5 Å². The number of hydrogen-bond donors (Lipinski definition) is 3. The molecular weight excluding hydrogens is 580 g/mol. The largest absolute Gasteiger partial charge is 0.391 e. The van der Waals surface area contributed by atoms with Gasteiger partial charge in [-0.05, 0) is 80.5 Å². The molecule has 6 rings (SSSR count). The van der Waals surface area contributed by atoms with Crippen LogP contribution in [0.25, 0.3) is 0 Å². The van der Waals surface area contributed by atoms with Crippen LogP contribution in [0.2, 0.25) is 0 Å². The minimum atomic E-state index is -1.06. The number of hydrogen-bond acceptors (Lipinski definition) is 5. The second kappa shape index (κ2) is 14.1. The smallest absolute Gasteiger partial charge is 0.251 e. The number of nitrogens with one attached hydrogen (secondary N) is 2. The van der Waals surface area contributed by atoms with Gasteiger partial charge in [-0.25, -0.2) is 0 Å². The molecular formula is C37H44N4O5. The van der Waals surface area contributed by atoms with Crippen molar-refractivity contribution >= 4 is 35.0 Å². The number of amides is 4. The molecule has 3 N–H and O–H groups in total. The Hall–Kier alpha value is -4.16. The SMILES string of the molecule is C#CCC(CC(O)C(Cc1ccccc1)NC(=O)c1cc(N2CCCC2=O)cc(N2CCCC2=O)c1)C(=O)NC1CC2CCC1C2. The highest BCUT2D eigenvalue weighted by atomic mass is 16.3. The molecule has 2 bridgehead atoms. The van der Waals surface area contributed by atoms with Gasteiger partial charge in [0.25, 0.3) is 5.91 Å². The van der Waals surface area contributed by atoms with E-state index in [-0.39, 0.29) is 36.6 Å². The number of aliphatic hydroxyl groups is 1. The monoisotopic (exact) mass is 624 g/mol. The molecule has 2 saturated carbocycles. The maximum Gasteiger partial charge on any atom is 0.251 e. The molecule has 4 amide bonds. The summed E-state index contributed by atoms with van der Waals surface area (Å²) in [5.41, 5.74) is 2.38. The maximum atomic E-state index is 14.0. The molecule has 2 aromatic rings. The third-order valence-corrected chi connectivity index (χ3v) is 10.3. The Bertz CT molecular complexity index is 1460. The van der Waals surface area contributed by atoms with Crippen molar-refractivity contribution < 1.29 is 24.3 Å². The van der Waals surface area contributed by atoms with Crippen LogP contribution in [-0.4, -0.2) is 60.0 Å². The first-order chi connectivity index (χ1) is 22.3. The fraction of sp³-hybridized carbons (Fsp3) is 0.514. The van der Waals surface area contributed by atoms with Gasteiger partial charge in [0.2, 0.25) is 17.7 Å². The van der Waals surface area contributed by atoms with Crippen LogP contribution in [0.5, 0.6) is 0 Å². The van der Waals surface area contributed by atoms with E-state index in [0.717, 1.165) is 31.2 Å². The normalized spacial score (nSPS) is 24.1. The van der Waals surface area contributed by atoms with E-state index in [9.17, 15) is 24.3 Å². The van der Waals surface area contributed by atoms with Gasteiger partial charge in [-0.2, -0.15) is 0 Å². The molecule has 4 aliphatic rings. The summed E-state index contributed by atoms with van der Waals surface area (Å²) >= 11 is 0. The van der Waals surface area contributed by atoms with Crippen LogP contribution in [-0.2, 0) is 20.8 Å². The molecule has 2 aliphatic carbocycles. The number of aliphatic hydroxyl groups excluding tert-OH is 1. The maximum absolute atomic E-state index is 14.0. The predicted octanol–water partition coefficient (Wildman–Crippen LogP) is 3.98. The summed E-state index contributed by atoms with van der Waals surface area (Å²) in [5.74, 6) is 2.63. The van der Waals surface area contributed by atoms with Crippen molar-refractivity contribution in [2.24, 2.45) is 17.8 Å². The van der Waals surface area contributed by atoms with Gasteiger partial charge >= 0.3 is 0 Å². The first-order valence-electron chi connectivity index (χ1n) is 16.8. The Morgan fingerprint density at radius 2 is 1.63 bits per heavy atom. The molecule has 2 aliphatic heterocycles. The van der Waals surface area contributed by atoms with Crippen molar-refractivity contribution in [2.75, 3.05) is 22.9 Å².